The minimum atomic E-state index is -0.573. The standard InChI is InChI=1S/C30H28IN3O7S/c1-4-40-24-14-19(13-23(31)28(24)41-17-27(36)33-20-7-5-18(2)6-8-20)15-25-29(37)34(30(38)42-25)16-26(35)32-21-9-11-22(39-3)12-10-21/h5-15H,4,16-17H2,1-3H3,(H,32,35)(H,33,36)/b25-15+. The number of nitrogens with zero attached hydrogens (tertiary/aromatic N) is 1. The van der Waals surface area contributed by atoms with E-state index in [2.05, 4.69) is 33.2 Å². The number of carbonyl (C=O) groups is 4. The highest BCUT2D eigenvalue weighted by Gasteiger charge is 2.36. The van der Waals surface area contributed by atoms with Crippen molar-refractivity contribution in [1.29, 1.82) is 0 Å². The summed E-state index contributed by atoms with van der Waals surface area (Å²) in [6.45, 7) is 3.46. The normalized spacial score (nSPS) is 13.7. The Morgan fingerprint density at radius 3 is 2.24 bits per heavy atom. The third kappa shape index (κ3) is 8.03. The van der Waals surface area contributed by atoms with Crippen LogP contribution in [-0.4, -0.2) is 54.7 Å². The molecule has 3 aromatic carbocycles. The molecule has 1 saturated heterocycles. The number of carbonyl (C=O) groups excluding carboxylic acids is 4. The highest BCUT2D eigenvalue weighted by molar-refractivity contribution is 14.1. The molecule has 10 nitrogen and oxygen atoms in total. The van der Waals surface area contributed by atoms with E-state index in [0.29, 0.717) is 44.4 Å². The summed E-state index contributed by atoms with van der Waals surface area (Å²) in [4.78, 5) is 51.7. The van der Waals surface area contributed by atoms with Gasteiger partial charge in [0.2, 0.25) is 5.91 Å². The van der Waals surface area contributed by atoms with Gasteiger partial charge in [0.15, 0.2) is 18.1 Å². The van der Waals surface area contributed by atoms with Gasteiger partial charge in [-0.05, 0) is 108 Å². The number of benzene rings is 3. The van der Waals surface area contributed by atoms with Crippen molar-refractivity contribution in [1.82, 2.24) is 4.90 Å². The van der Waals surface area contributed by atoms with Crippen molar-refractivity contribution in [2.75, 3.05) is 37.5 Å². The zero-order valence-electron chi connectivity index (χ0n) is 23.1. The van der Waals surface area contributed by atoms with Crippen LogP contribution < -0.4 is 24.8 Å². The molecule has 42 heavy (non-hydrogen) atoms. The van der Waals surface area contributed by atoms with Crippen LogP contribution in [0.5, 0.6) is 17.2 Å². The molecule has 2 N–H and O–H groups in total. The number of rotatable bonds is 11. The van der Waals surface area contributed by atoms with Gasteiger partial charge in [0, 0.05) is 11.4 Å². The van der Waals surface area contributed by atoms with E-state index in [-0.39, 0.29) is 17.4 Å². The van der Waals surface area contributed by atoms with Crippen molar-refractivity contribution >= 4 is 74.8 Å². The van der Waals surface area contributed by atoms with Crippen LogP contribution in [0, 0.1) is 10.5 Å². The highest BCUT2D eigenvalue weighted by Crippen LogP contribution is 2.37. The van der Waals surface area contributed by atoms with Crippen LogP contribution in [0.2, 0.25) is 0 Å². The van der Waals surface area contributed by atoms with Gasteiger partial charge in [-0.3, -0.25) is 24.1 Å². The van der Waals surface area contributed by atoms with Crippen molar-refractivity contribution in [2.24, 2.45) is 0 Å². The van der Waals surface area contributed by atoms with Gasteiger partial charge in [0.05, 0.1) is 22.2 Å². The summed E-state index contributed by atoms with van der Waals surface area (Å²) in [5, 5.41) is 4.91. The summed E-state index contributed by atoms with van der Waals surface area (Å²) in [6, 6.07) is 17.5. The molecule has 4 rings (SSSR count). The smallest absolute Gasteiger partial charge is 0.294 e. The average Bonchev–Trinajstić information content (AvgIpc) is 3.21. The maximum Gasteiger partial charge on any atom is 0.294 e. The lowest BCUT2D eigenvalue weighted by Crippen LogP contribution is -2.36. The second-order valence-electron chi connectivity index (χ2n) is 9.01. The lowest BCUT2D eigenvalue weighted by Gasteiger charge is -2.15. The Kier molecular flexibility index (Phi) is 10.5. The fourth-order valence-corrected chi connectivity index (χ4v) is 5.47. The molecule has 0 aromatic heterocycles. The van der Waals surface area contributed by atoms with Gasteiger partial charge < -0.3 is 24.8 Å². The Morgan fingerprint density at radius 2 is 1.60 bits per heavy atom. The number of aryl methyl sites for hydroxylation is 1. The summed E-state index contributed by atoms with van der Waals surface area (Å²) in [5.74, 6) is -0.00469. The minimum absolute atomic E-state index is 0.168. The van der Waals surface area contributed by atoms with Gasteiger partial charge in [-0.15, -0.1) is 0 Å². The first kappa shape index (κ1) is 30.9. The van der Waals surface area contributed by atoms with Crippen LogP contribution in [0.25, 0.3) is 6.08 Å². The maximum atomic E-state index is 13.0. The van der Waals surface area contributed by atoms with Crippen LogP contribution in [0.4, 0.5) is 16.2 Å². The molecule has 4 amide bonds. The van der Waals surface area contributed by atoms with Crippen molar-refractivity contribution < 1.29 is 33.4 Å². The first-order chi connectivity index (χ1) is 20.2. The van der Waals surface area contributed by atoms with E-state index >= 15 is 0 Å². The van der Waals surface area contributed by atoms with E-state index in [1.54, 1.807) is 42.5 Å². The van der Waals surface area contributed by atoms with Crippen molar-refractivity contribution in [3.8, 4) is 17.2 Å². The summed E-state index contributed by atoms with van der Waals surface area (Å²) in [6.07, 6.45) is 1.56. The SMILES string of the molecule is CCOc1cc(/C=C2/SC(=O)N(CC(=O)Nc3ccc(OC)cc3)C2=O)cc(I)c1OCC(=O)Nc1ccc(C)cc1. The number of nitrogens with one attached hydrogen (secondary N) is 2. The van der Waals surface area contributed by atoms with Gasteiger partial charge in [0.1, 0.15) is 12.3 Å². The lowest BCUT2D eigenvalue weighted by atomic mass is 10.2. The molecule has 1 aliphatic rings. The first-order valence-corrected chi connectivity index (χ1v) is 14.7. The van der Waals surface area contributed by atoms with Gasteiger partial charge in [-0.2, -0.15) is 0 Å². The summed E-state index contributed by atoms with van der Waals surface area (Å²) < 4.78 is 17.3. The zero-order valence-corrected chi connectivity index (χ0v) is 26.0. The fraction of sp³-hybridized carbons (Fsp3) is 0.200. The Bertz CT molecular complexity index is 1530. The number of thioether (sulfide) groups is 1. The number of imide groups is 1. The van der Waals surface area contributed by atoms with Gasteiger partial charge in [-0.25, -0.2) is 0 Å². The molecule has 0 bridgehead atoms. The molecule has 0 spiro atoms. The molecule has 0 unspecified atom stereocenters. The van der Waals surface area contributed by atoms with E-state index in [1.165, 1.54) is 7.11 Å². The quantitative estimate of drug-likeness (QED) is 0.193. The number of hydrogen-bond donors (Lipinski definition) is 2. The maximum absolute atomic E-state index is 13.0. The second kappa shape index (κ2) is 14.2. The average molecular weight is 702 g/mol. The van der Waals surface area contributed by atoms with Crippen molar-refractivity contribution in [3.63, 3.8) is 0 Å². The Balaban J connectivity index is 1.43. The molecule has 3 aromatic rings. The number of halogens is 1. The summed E-state index contributed by atoms with van der Waals surface area (Å²) >= 11 is 2.81. The molecule has 0 aliphatic carbocycles. The Morgan fingerprint density at radius 1 is 0.952 bits per heavy atom. The largest absolute Gasteiger partial charge is 0.497 e. The van der Waals surface area contributed by atoms with Crippen LogP contribution in [0.1, 0.15) is 18.1 Å². The second-order valence-corrected chi connectivity index (χ2v) is 11.2. The minimum Gasteiger partial charge on any atom is -0.497 e. The predicted octanol–water partition coefficient (Wildman–Crippen LogP) is 5.70. The molecule has 0 atom stereocenters. The molecular formula is C30H28IN3O7S. The summed E-state index contributed by atoms with van der Waals surface area (Å²) in [7, 11) is 1.54. The highest BCUT2D eigenvalue weighted by atomic mass is 127. The molecule has 0 radical (unpaired) electrons. The molecule has 218 valence electrons. The topological polar surface area (TPSA) is 123 Å². The molecule has 1 aliphatic heterocycles. The third-order valence-corrected chi connectivity index (χ3v) is 7.57. The van der Waals surface area contributed by atoms with Crippen LogP contribution in [-0.2, 0) is 14.4 Å². The summed E-state index contributed by atoms with van der Waals surface area (Å²) in [5.41, 5.74) is 2.85. The first-order valence-electron chi connectivity index (χ1n) is 12.8. The molecule has 1 fully saturated rings. The third-order valence-electron chi connectivity index (χ3n) is 5.86. The number of hydrogen-bond acceptors (Lipinski definition) is 8. The van der Waals surface area contributed by atoms with Gasteiger partial charge in [-0.1, -0.05) is 17.7 Å². The monoisotopic (exact) mass is 701 g/mol. The number of amides is 4. The van der Waals surface area contributed by atoms with Crippen molar-refractivity contribution in [3.05, 3.63) is 80.3 Å². The number of ether oxygens (including phenoxy) is 3. The molecule has 12 heteroatoms. The van der Waals surface area contributed by atoms with Gasteiger partial charge in [0.25, 0.3) is 17.1 Å². The van der Waals surface area contributed by atoms with Crippen LogP contribution >= 0.6 is 34.4 Å². The van der Waals surface area contributed by atoms with E-state index in [9.17, 15) is 19.2 Å². The van der Waals surface area contributed by atoms with E-state index < -0.39 is 23.6 Å². The Labute approximate surface area is 260 Å². The molecule has 0 saturated carbocycles. The number of methoxy groups -OCH3 is 1. The van der Waals surface area contributed by atoms with Gasteiger partial charge >= 0.3 is 0 Å². The van der Waals surface area contributed by atoms with Crippen LogP contribution in [0.3, 0.4) is 0 Å². The van der Waals surface area contributed by atoms with E-state index in [0.717, 1.165) is 22.2 Å². The zero-order chi connectivity index (χ0) is 30.2. The predicted molar refractivity (Wildman–Crippen MR) is 170 cm³/mol. The molecular weight excluding hydrogens is 673 g/mol. The number of anilines is 2. The van der Waals surface area contributed by atoms with E-state index in [1.807, 2.05) is 38.1 Å². The fourth-order valence-electron chi connectivity index (χ4n) is 3.85. The van der Waals surface area contributed by atoms with Crippen molar-refractivity contribution in [2.45, 2.75) is 13.8 Å². The molecule has 1 heterocycles. The lowest BCUT2D eigenvalue weighted by molar-refractivity contribution is -0.127. The van der Waals surface area contributed by atoms with E-state index in [4.69, 9.17) is 14.2 Å². The van der Waals surface area contributed by atoms with Crippen LogP contribution in [0.15, 0.2) is 65.6 Å². The Hall–Kier alpha value is -4.04.